The first kappa shape index (κ1) is 10.7. The molecule has 82 valence electrons. The summed E-state index contributed by atoms with van der Waals surface area (Å²) >= 11 is 5.83. The normalized spacial score (nSPS) is 30.5. The van der Waals surface area contributed by atoms with Crippen molar-refractivity contribution in [3.8, 4) is 0 Å². The van der Waals surface area contributed by atoms with Crippen LogP contribution < -0.4 is 5.32 Å². The van der Waals surface area contributed by atoms with Crippen molar-refractivity contribution in [2.24, 2.45) is 0 Å². The molecular formula is C11H15ClN2O. The second-order valence-electron chi connectivity index (χ2n) is 4.17. The van der Waals surface area contributed by atoms with Crippen molar-refractivity contribution in [2.45, 2.75) is 31.9 Å². The summed E-state index contributed by atoms with van der Waals surface area (Å²) in [5.74, 6) is 0. The van der Waals surface area contributed by atoms with E-state index in [2.05, 4.69) is 24.1 Å². The van der Waals surface area contributed by atoms with Crippen LogP contribution in [0.15, 0.2) is 18.3 Å². The Bertz CT molecular complexity index is 358. The molecule has 0 spiro atoms. The minimum atomic E-state index is -0.00924. The molecule has 2 heterocycles. The van der Waals surface area contributed by atoms with Gasteiger partial charge in [0.1, 0.15) is 5.15 Å². The van der Waals surface area contributed by atoms with Crippen molar-refractivity contribution in [3.63, 3.8) is 0 Å². The van der Waals surface area contributed by atoms with E-state index in [0.717, 1.165) is 18.7 Å². The molecule has 2 atom stereocenters. The SMILES string of the molecule is CC1OCCC1(C)Nc1ccnc(Cl)c1. The lowest BCUT2D eigenvalue weighted by atomic mass is 9.94. The lowest BCUT2D eigenvalue weighted by molar-refractivity contribution is 0.105. The van der Waals surface area contributed by atoms with Crippen molar-refractivity contribution in [1.29, 1.82) is 0 Å². The van der Waals surface area contributed by atoms with Crippen LogP contribution in [0.4, 0.5) is 5.69 Å². The summed E-state index contributed by atoms with van der Waals surface area (Å²) in [6.45, 7) is 5.06. The molecule has 0 amide bonds. The Morgan fingerprint density at radius 3 is 3.07 bits per heavy atom. The fourth-order valence-electron chi connectivity index (χ4n) is 1.81. The maximum atomic E-state index is 5.83. The van der Waals surface area contributed by atoms with Crippen molar-refractivity contribution >= 4 is 17.3 Å². The van der Waals surface area contributed by atoms with Crippen molar-refractivity contribution < 1.29 is 4.74 Å². The molecule has 1 aromatic rings. The van der Waals surface area contributed by atoms with Gasteiger partial charge in [0.2, 0.25) is 0 Å². The zero-order valence-electron chi connectivity index (χ0n) is 8.96. The number of ether oxygens (including phenoxy) is 1. The van der Waals surface area contributed by atoms with E-state index < -0.39 is 0 Å². The Morgan fingerprint density at radius 2 is 2.47 bits per heavy atom. The average molecular weight is 227 g/mol. The van der Waals surface area contributed by atoms with E-state index in [-0.39, 0.29) is 11.6 Å². The van der Waals surface area contributed by atoms with Crippen LogP contribution in [0.5, 0.6) is 0 Å². The summed E-state index contributed by atoms with van der Waals surface area (Å²) in [6, 6.07) is 3.75. The van der Waals surface area contributed by atoms with Gasteiger partial charge >= 0.3 is 0 Å². The highest BCUT2D eigenvalue weighted by atomic mass is 35.5. The lowest BCUT2D eigenvalue weighted by Crippen LogP contribution is -2.41. The summed E-state index contributed by atoms with van der Waals surface area (Å²) < 4.78 is 5.56. The highest BCUT2D eigenvalue weighted by Gasteiger charge is 2.36. The standard InChI is InChI=1S/C11H15ClN2O/c1-8-11(2,4-6-15-8)14-9-3-5-13-10(12)7-9/h3,5,7-8H,4,6H2,1-2H3,(H,13,14). The van der Waals surface area contributed by atoms with Gasteiger partial charge in [-0.2, -0.15) is 0 Å². The zero-order valence-corrected chi connectivity index (χ0v) is 9.71. The Hall–Kier alpha value is -0.800. The lowest BCUT2D eigenvalue weighted by Gasteiger charge is -2.30. The average Bonchev–Trinajstić information content (AvgIpc) is 2.47. The number of hydrogen-bond acceptors (Lipinski definition) is 3. The van der Waals surface area contributed by atoms with Crippen LogP contribution in [0, 0.1) is 0 Å². The van der Waals surface area contributed by atoms with E-state index in [4.69, 9.17) is 16.3 Å². The predicted molar refractivity (Wildman–Crippen MR) is 61.3 cm³/mol. The van der Waals surface area contributed by atoms with Gasteiger partial charge in [-0.25, -0.2) is 4.98 Å². The number of aromatic nitrogens is 1. The van der Waals surface area contributed by atoms with E-state index in [9.17, 15) is 0 Å². The molecule has 1 N–H and O–H groups in total. The van der Waals surface area contributed by atoms with Crippen molar-refractivity contribution in [1.82, 2.24) is 4.98 Å². The van der Waals surface area contributed by atoms with Crippen LogP contribution in [0.1, 0.15) is 20.3 Å². The van der Waals surface area contributed by atoms with Gasteiger partial charge in [-0.15, -0.1) is 0 Å². The highest BCUT2D eigenvalue weighted by Crippen LogP contribution is 2.29. The minimum absolute atomic E-state index is 0.00924. The van der Waals surface area contributed by atoms with Gasteiger partial charge in [0.25, 0.3) is 0 Å². The second kappa shape index (κ2) is 3.99. The van der Waals surface area contributed by atoms with Crippen LogP contribution >= 0.6 is 11.6 Å². The Balaban J connectivity index is 2.14. The number of halogens is 1. The molecule has 1 fully saturated rings. The van der Waals surface area contributed by atoms with Gasteiger partial charge in [0, 0.05) is 18.5 Å². The number of nitrogens with zero attached hydrogens (tertiary/aromatic N) is 1. The maximum absolute atomic E-state index is 5.83. The first-order chi connectivity index (χ1) is 7.10. The van der Waals surface area contributed by atoms with Gasteiger partial charge < -0.3 is 10.1 Å². The molecule has 2 rings (SSSR count). The smallest absolute Gasteiger partial charge is 0.131 e. The Labute approximate surface area is 94.8 Å². The number of rotatable bonds is 2. The topological polar surface area (TPSA) is 34.1 Å². The van der Waals surface area contributed by atoms with Gasteiger partial charge in [-0.3, -0.25) is 0 Å². The third kappa shape index (κ3) is 2.24. The molecule has 0 aliphatic carbocycles. The third-order valence-electron chi connectivity index (χ3n) is 3.04. The highest BCUT2D eigenvalue weighted by molar-refractivity contribution is 6.29. The molecule has 0 radical (unpaired) electrons. The van der Waals surface area contributed by atoms with E-state index in [1.54, 1.807) is 6.20 Å². The Morgan fingerprint density at radius 1 is 1.67 bits per heavy atom. The number of nitrogens with one attached hydrogen (secondary N) is 1. The van der Waals surface area contributed by atoms with Gasteiger partial charge in [-0.05, 0) is 32.4 Å². The fourth-order valence-corrected chi connectivity index (χ4v) is 1.98. The van der Waals surface area contributed by atoms with Crippen LogP contribution in [0.2, 0.25) is 5.15 Å². The van der Waals surface area contributed by atoms with Crippen molar-refractivity contribution in [2.75, 3.05) is 11.9 Å². The van der Waals surface area contributed by atoms with Crippen molar-refractivity contribution in [3.05, 3.63) is 23.5 Å². The summed E-state index contributed by atoms with van der Waals surface area (Å²) in [7, 11) is 0. The second-order valence-corrected chi connectivity index (χ2v) is 4.56. The minimum Gasteiger partial charge on any atom is -0.377 e. The van der Waals surface area contributed by atoms with Gasteiger partial charge in [0.05, 0.1) is 11.6 Å². The number of anilines is 1. The van der Waals surface area contributed by atoms with Gasteiger partial charge in [-0.1, -0.05) is 11.6 Å². The van der Waals surface area contributed by atoms with Crippen LogP contribution in [-0.2, 0) is 4.74 Å². The van der Waals surface area contributed by atoms with Crippen LogP contribution in [0.25, 0.3) is 0 Å². The molecule has 2 unspecified atom stereocenters. The van der Waals surface area contributed by atoms with E-state index in [1.807, 2.05) is 12.1 Å². The molecule has 1 aliphatic heterocycles. The number of hydrogen-bond donors (Lipinski definition) is 1. The third-order valence-corrected chi connectivity index (χ3v) is 3.25. The molecule has 0 saturated carbocycles. The summed E-state index contributed by atoms with van der Waals surface area (Å²) in [6.07, 6.45) is 2.92. The summed E-state index contributed by atoms with van der Waals surface area (Å²) in [5.41, 5.74) is 0.986. The molecule has 1 aromatic heterocycles. The molecule has 4 heteroatoms. The largest absolute Gasteiger partial charge is 0.377 e. The van der Waals surface area contributed by atoms with Gasteiger partial charge in [0.15, 0.2) is 0 Å². The van der Waals surface area contributed by atoms with E-state index >= 15 is 0 Å². The number of pyridine rings is 1. The first-order valence-electron chi connectivity index (χ1n) is 5.11. The summed E-state index contributed by atoms with van der Waals surface area (Å²) in [4.78, 5) is 3.95. The quantitative estimate of drug-likeness (QED) is 0.788. The first-order valence-corrected chi connectivity index (χ1v) is 5.49. The van der Waals surface area contributed by atoms with E-state index in [0.29, 0.717) is 5.15 Å². The Kier molecular flexibility index (Phi) is 2.85. The molecule has 1 saturated heterocycles. The zero-order chi connectivity index (χ0) is 10.9. The van der Waals surface area contributed by atoms with E-state index in [1.165, 1.54) is 0 Å². The molecule has 0 bridgehead atoms. The molecule has 0 aromatic carbocycles. The molecule has 1 aliphatic rings. The predicted octanol–water partition coefficient (Wildman–Crippen LogP) is 2.71. The molecule has 15 heavy (non-hydrogen) atoms. The summed E-state index contributed by atoms with van der Waals surface area (Å²) in [5, 5.41) is 3.97. The maximum Gasteiger partial charge on any atom is 0.131 e. The van der Waals surface area contributed by atoms with Crippen LogP contribution in [0.3, 0.4) is 0 Å². The molecule has 3 nitrogen and oxygen atoms in total. The fraction of sp³-hybridized carbons (Fsp3) is 0.545. The monoisotopic (exact) mass is 226 g/mol. The molecular weight excluding hydrogens is 212 g/mol. The van der Waals surface area contributed by atoms with Crippen LogP contribution in [-0.4, -0.2) is 23.2 Å².